The number of hydrogen-bond acceptors (Lipinski definition) is 2. The quantitative estimate of drug-likeness (QED) is 0.632. The van der Waals surface area contributed by atoms with Crippen LogP contribution in [-0.2, 0) is 0 Å². The van der Waals surface area contributed by atoms with Crippen LogP contribution >= 0.6 is 0 Å². The van der Waals surface area contributed by atoms with Crippen LogP contribution in [0, 0.1) is 6.92 Å². The summed E-state index contributed by atoms with van der Waals surface area (Å²) in [4.78, 5) is 0. The van der Waals surface area contributed by atoms with Crippen LogP contribution in [0.2, 0.25) is 0 Å². The van der Waals surface area contributed by atoms with Gasteiger partial charge in [0, 0.05) is 18.0 Å². The van der Waals surface area contributed by atoms with Gasteiger partial charge in [0.15, 0.2) is 0 Å². The van der Waals surface area contributed by atoms with Gasteiger partial charge in [-0.3, -0.25) is 0 Å². The molecule has 0 aromatic heterocycles. The number of ether oxygens (including phenoxy) is 1. The van der Waals surface area contributed by atoms with Gasteiger partial charge in [0.1, 0.15) is 5.75 Å². The summed E-state index contributed by atoms with van der Waals surface area (Å²) in [6, 6.07) is 6.23. The molecular formula is C10H13NO. The Kier molecular flexibility index (Phi) is 1.77. The first-order valence-corrected chi connectivity index (χ1v) is 4.27. The lowest BCUT2D eigenvalue weighted by atomic mass is 9.97. The van der Waals surface area contributed by atoms with Crippen LogP contribution in [-0.4, -0.2) is 6.61 Å². The summed E-state index contributed by atoms with van der Waals surface area (Å²) in [6.45, 7) is 2.82. The van der Waals surface area contributed by atoms with Gasteiger partial charge in [-0.1, -0.05) is 12.1 Å². The molecule has 1 aromatic rings. The SMILES string of the molecule is Cc1cccc2c1C(N)CCO2. The largest absolute Gasteiger partial charge is 0.493 e. The van der Waals surface area contributed by atoms with Gasteiger partial charge in [0.2, 0.25) is 0 Å². The molecule has 2 rings (SSSR count). The fourth-order valence-corrected chi connectivity index (χ4v) is 1.69. The monoisotopic (exact) mass is 163 g/mol. The van der Waals surface area contributed by atoms with Gasteiger partial charge in [0.05, 0.1) is 6.61 Å². The maximum atomic E-state index is 5.97. The molecule has 1 aromatic carbocycles. The molecule has 1 aliphatic heterocycles. The molecular weight excluding hydrogens is 150 g/mol. The Balaban J connectivity index is 2.53. The molecule has 1 atom stereocenters. The average molecular weight is 163 g/mol. The standard InChI is InChI=1S/C10H13NO/c1-7-3-2-4-9-10(7)8(11)5-6-12-9/h2-4,8H,5-6,11H2,1H3. The molecule has 64 valence electrons. The van der Waals surface area contributed by atoms with E-state index in [1.165, 1.54) is 11.1 Å². The van der Waals surface area contributed by atoms with Crippen molar-refractivity contribution in [3.63, 3.8) is 0 Å². The minimum atomic E-state index is 0.162. The Morgan fingerprint density at radius 2 is 2.33 bits per heavy atom. The highest BCUT2D eigenvalue weighted by Crippen LogP contribution is 2.32. The second kappa shape index (κ2) is 2.79. The summed E-state index contributed by atoms with van der Waals surface area (Å²) < 4.78 is 5.49. The smallest absolute Gasteiger partial charge is 0.124 e. The van der Waals surface area contributed by atoms with Crippen molar-refractivity contribution in [2.45, 2.75) is 19.4 Å². The van der Waals surface area contributed by atoms with Gasteiger partial charge in [-0.05, 0) is 18.6 Å². The first-order valence-electron chi connectivity index (χ1n) is 4.27. The number of aryl methyl sites for hydroxylation is 1. The molecule has 12 heavy (non-hydrogen) atoms. The molecule has 0 radical (unpaired) electrons. The third kappa shape index (κ3) is 1.08. The molecule has 0 saturated carbocycles. The summed E-state index contributed by atoms with van der Waals surface area (Å²) in [6.07, 6.45) is 0.928. The average Bonchev–Trinajstić information content (AvgIpc) is 2.04. The normalized spacial score (nSPS) is 21.3. The molecule has 0 fully saturated rings. The maximum Gasteiger partial charge on any atom is 0.124 e. The highest BCUT2D eigenvalue weighted by atomic mass is 16.5. The predicted octanol–water partition coefficient (Wildman–Crippen LogP) is 1.78. The molecule has 1 aliphatic rings. The van der Waals surface area contributed by atoms with Gasteiger partial charge >= 0.3 is 0 Å². The van der Waals surface area contributed by atoms with E-state index in [0.29, 0.717) is 0 Å². The summed E-state index contributed by atoms with van der Waals surface area (Å²) >= 11 is 0. The Bertz CT molecular complexity index is 296. The fraction of sp³-hybridized carbons (Fsp3) is 0.400. The van der Waals surface area contributed by atoms with Crippen molar-refractivity contribution in [3.05, 3.63) is 29.3 Å². The molecule has 0 spiro atoms. The molecule has 0 bridgehead atoms. The first-order chi connectivity index (χ1) is 5.79. The van der Waals surface area contributed by atoms with Crippen LogP contribution in [0.5, 0.6) is 5.75 Å². The lowest BCUT2D eigenvalue weighted by Crippen LogP contribution is -2.21. The molecule has 0 amide bonds. The Morgan fingerprint density at radius 3 is 3.08 bits per heavy atom. The Labute approximate surface area is 72.3 Å². The number of hydrogen-bond donors (Lipinski definition) is 1. The summed E-state index contributed by atoms with van der Waals surface area (Å²) in [7, 11) is 0. The van der Waals surface area contributed by atoms with Crippen molar-refractivity contribution in [1.82, 2.24) is 0 Å². The van der Waals surface area contributed by atoms with Crippen molar-refractivity contribution in [3.8, 4) is 5.75 Å². The first kappa shape index (κ1) is 7.62. The fourth-order valence-electron chi connectivity index (χ4n) is 1.69. The van der Waals surface area contributed by atoms with E-state index in [1.54, 1.807) is 0 Å². The van der Waals surface area contributed by atoms with E-state index in [-0.39, 0.29) is 6.04 Å². The molecule has 2 nitrogen and oxygen atoms in total. The maximum absolute atomic E-state index is 5.97. The van der Waals surface area contributed by atoms with Crippen molar-refractivity contribution >= 4 is 0 Å². The highest BCUT2D eigenvalue weighted by Gasteiger charge is 2.18. The molecule has 1 heterocycles. The van der Waals surface area contributed by atoms with Crippen LogP contribution < -0.4 is 10.5 Å². The van der Waals surface area contributed by atoms with Crippen molar-refractivity contribution < 1.29 is 4.74 Å². The van der Waals surface area contributed by atoms with Crippen molar-refractivity contribution in [1.29, 1.82) is 0 Å². The Hall–Kier alpha value is -1.02. The number of benzene rings is 1. The lowest BCUT2D eigenvalue weighted by molar-refractivity contribution is 0.268. The van der Waals surface area contributed by atoms with E-state index >= 15 is 0 Å². The van der Waals surface area contributed by atoms with Crippen molar-refractivity contribution in [2.75, 3.05) is 6.61 Å². The summed E-state index contributed by atoms with van der Waals surface area (Å²) in [5.41, 5.74) is 8.39. The van der Waals surface area contributed by atoms with Crippen LogP contribution in [0.15, 0.2) is 18.2 Å². The molecule has 2 N–H and O–H groups in total. The topological polar surface area (TPSA) is 35.2 Å². The van der Waals surface area contributed by atoms with Gasteiger partial charge in [-0.2, -0.15) is 0 Å². The molecule has 1 unspecified atom stereocenters. The third-order valence-electron chi connectivity index (χ3n) is 2.34. The zero-order valence-corrected chi connectivity index (χ0v) is 7.21. The van der Waals surface area contributed by atoms with Gasteiger partial charge < -0.3 is 10.5 Å². The van der Waals surface area contributed by atoms with Crippen LogP contribution in [0.1, 0.15) is 23.6 Å². The third-order valence-corrected chi connectivity index (χ3v) is 2.34. The van der Waals surface area contributed by atoms with E-state index in [0.717, 1.165) is 18.8 Å². The van der Waals surface area contributed by atoms with E-state index in [2.05, 4.69) is 13.0 Å². The molecule has 0 aliphatic carbocycles. The molecule has 2 heteroatoms. The summed E-state index contributed by atoms with van der Waals surface area (Å²) in [5, 5.41) is 0. The van der Waals surface area contributed by atoms with E-state index < -0.39 is 0 Å². The van der Waals surface area contributed by atoms with E-state index in [1.807, 2.05) is 12.1 Å². The predicted molar refractivity (Wildman–Crippen MR) is 48.2 cm³/mol. The second-order valence-corrected chi connectivity index (χ2v) is 3.23. The summed E-state index contributed by atoms with van der Waals surface area (Å²) in [5.74, 6) is 0.966. The second-order valence-electron chi connectivity index (χ2n) is 3.23. The van der Waals surface area contributed by atoms with Crippen molar-refractivity contribution in [2.24, 2.45) is 5.73 Å². The van der Waals surface area contributed by atoms with Crippen LogP contribution in [0.25, 0.3) is 0 Å². The van der Waals surface area contributed by atoms with Crippen LogP contribution in [0.4, 0.5) is 0 Å². The lowest BCUT2D eigenvalue weighted by Gasteiger charge is -2.24. The Morgan fingerprint density at radius 1 is 1.50 bits per heavy atom. The minimum absolute atomic E-state index is 0.162. The van der Waals surface area contributed by atoms with Gasteiger partial charge in [0.25, 0.3) is 0 Å². The zero-order valence-electron chi connectivity index (χ0n) is 7.21. The van der Waals surface area contributed by atoms with Crippen LogP contribution in [0.3, 0.4) is 0 Å². The minimum Gasteiger partial charge on any atom is -0.493 e. The number of nitrogens with two attached hydrogens (primary N) is 1. The van der Waals surface area contributed by atoms with E-state index in [4.69, 9.17) is 10.5 Å². The number of fused-ring (bicyclic) bond motifs is 1. The van der Waals surface area contributed by atoms with E-state index in [9.17, 15) is 0 Å². The highest BCUT2D eigenvalue weighted by molar-refractivity contribution is 5.42. The van der Waals surface area contributed by atoms with Gasteiger partial charge in [-0.15, -0.1) is 0 Å². The molecule has 0 saturated heterocycles. The van der Waals surface area contributed by atoms with Gasteiger partial charge in [-0.25, -0.2) is 0 Å². The number of rotatable bonds is 0. The zero-order chi connectivity index (χ0) is 8.55.